The van der Waals surface area contributed by atoms with Crippen molar-refractivity contribution in [3.63, 3.8) is 0 Å². The van der Waals surface area contributed by atoms with Crippen LogP contribution in [0.5, 0.6) is 17.2 Å². The molecule has 8 heteroatoms. The van der Waals surface area contributed by atoms with Crippen LogP contribution in [0.15, 0.2) is 85.1 Å². The molecule has 5 rings (SSSR count). The summed E-state index contributed by atoms with van der Waals surface area (Å²) < 4.78 is 18.5. The van der Waals surface area contributed by atoms with E-state index in [4.69, 9.17) is 14.2 Å². The monoisotopic (exact) mass is 482 g/mol. The van der Waals surface area contributed by atoms with Gasteiger partial charge in [0.15, 0.2) is 11.5 Å². The van der Waals surface area contributed by atoms with Crippen LogP contribution >= 0.6 is 0 Å². The average molecular weight is 483 g/mol. The van der Waals surface area contributed by atoms with E-state index in [9.17, 15) is 4.79 Å². The van der Waals surface area contributed by atoms with Crippen molar-refractivity contribution in [3.05, 3.63) is 102 Å². The Bertz CT molecular complexity index is 1430. The van der Waals surface area contributed by atoms with Crippen molar-refractivity contribution < 1.29 is 19.0 Å². The number of carbonyl (C=O) groups is 1. The molecule has 0 saturated heterocycles. The summed E-state index contributed by atoms with van der Waals surface area (Å²) >= 11 is 0. The van der Waals surface area contributed by atoms with Gasteiger partial charge in [-0.25, -0.2) is 4.68 Å². The van der Waals surface area contributed by atoms with Gasteiger partial charge in [0.25, 0.3) is 5.91 Å². The molecule has 182 valence electrons. The van der Waals surface area contributed by atoms with E-state index < -0.39 is 0 Å². The number of allylic oxidation sites excluding steroid dienone is 1. The molecule has 8 nitrogen and oxygen atoms in total. The number of benzene rings is 3. The molecule has 2 N–H and O–H groups in total. The lowest BCUT2D eigenvalue weighted by Crippen LogP contribution is -2.22. The summed E-state index contributed by atoms with van der Waals surface area (Å²) in [4.78, 5) is 13.3. The number of aromatic nitrogens is 2. The molecule has 36 heavy (non-hydrogen) atoms. The van der Waals surface area contributed by atoms with Crippen LogP contribution in [0.1, 0.15) is 27.5 Å². The van der Waals surface area contributed by atoms with E-state index >= 15 is 0 Å². The lowest BCUT2D eigenvalue weighted by atomic mass is 9.99. The molecule has 1 atom stereocenters. The molecule has 2 heterocycles. The van der Waals surface area contributed by atoms with Gasteiger partial charge in [0.1, 0.15) is 23.2 Å². The first-order valence-electron chi connectivity index (χ1n) is 11.4. The van der Waals surface area contributed by atoms with Gasteiger partial charge in [-0.05, 0) is 36.4 Å². The summed E-state index contributed by atoms with van der Waals surface area (Å²) in [6, 6.07) is 22.4. The molecule has 0 saturated carbocycles. The van der Waals surface area contributed by atoms with Gasteiger partial charge < -0.3 is 24.8 Å². The van der Waals surface area contributed by atoms with Crippen LogP contribution in [0.2, 0.25) is 0 Å². The maximum Gasteiger partial charge on any atom is 0.261 e. The second-order valence-corrected chi connectivity index (χ2v) is 8.14. The molecular weight excluding hydrogens is 456 g/mol. The second kappa shape index (κ2) is 9.87. The van der Waals surface area contributed by atoms with E-state index in [1.807, 2.05) is 78.9 Å². The van der Waals surface area contributed by atoms with Crippen LogP contribution in [-0.2, 0) is 0 Å². The third kappa shape index (κ3) is 4.24. The first-order chi connectivity index (χ1) is 17.6. The first-order valence-corrected chi connectivity index (χ1v) is 11.4. The number of anilines is 2. The number of nitrogens with one attached hydrogen (secondary N) is 2. The average Bonchev–Trinajstić information content (AvgIpc) is 3.37. The largest absolute Gasteiger partial charge is 0.497 e. The molecular formula is C28H26N4O4. The maximum absolute atomic E-state index is 13.3. The third-order valence-electron chi connectivity index (χ3n) is 6.05. The Labute approximate surface area is 209 Å². The molecule has 1 amide bonds. The molecule has 4 aromatic rings. The molecule has 0 aliphatic carbocycles. The molecule has 0 radical (unpaired) electrons. The van der Waals surface area contributed by atoms with Crippen molar-refractivity contribution in [2.45, 2.75) is 6.04 Å². The number of hydrogen-bond acceptors (Lipinski definition) is 6. The van der Waals surface area contributed by atoms with Crippen LogP contribution in [0.4, 0.5) is 11.5 Å². The summed E-state index contributed by atoms with van der Waals surface area (Å²) in [5, 5.41) is 11.0. The Hall–Kier alpha value is -4.72. The van der Waals surface area contributed by atoms with Crippen molar-refractivity contribution in [1.82, 2.24) is 9.78 Å². The van der Waals surface area contributed by atoms with Gasteiger partial charge in [0.2, 0.25) is 0 Å². The van der Waals surface area contributed by atoms with E-state index in [0.717, 1.165) is 22.6 Å². The van der Waals surface area contributed by atoms with Crippen molar-refractivity contribution >= 4 is 23.1 Å². The van der Waals surface area contributed by atoms with E-state index in [1.165, 1.54) is 0 Å². The van der Waals surface area contributed by atoms with Gasteiger partial charge >= 0.3 is 0 Å². The fraction of sp³-hybridized carbons (Fsp3) is 0.143. The molecule has 0 fully saturated rings. The van der Waals surface area contributed by atoms with Gasteiger partial charge in [0.05, 0.1) is 27.5 Å². The molecule has 1 aliphatic rings. The van der Waals surface area contributed by atoms with Crippen LogP contribution in [-0.4, -0.2) is 37.0 Å². The van der Waals surface area contributed by atoms with Crippen LogP contribution in [0.3, 0.4) is 0 Å². The molecule has 1 aliphatic heterocycles. The fourth-order valence-electron chi connectivity index (χ4n) is 4.31. The Kier molecular flexibility index (Phi) is 6.32. The zero-order chi connectivity index (χ0) is 25.1. The highest BCUT2D eigenvalue weighted by Gasteiger charge is 2.30. The van der Waals surface area contributed by atoms with Gasteiger partial charge in [0, 0.05) is 22.5 Å². The van der Waals surface area contributed by atoms with E-state index in [2.05, 4.69) is 15.7 Å². The normalized spacial score (nSPS) is 14.2. The standard InChI is InChI=1S/C28H26N4O4/c1-34-20-12-7-9-18(15-20)23-16-24(21-13-8-14-25(35-2)26(21)36-3)32-27(31-23)22(17-29-32)28(33)30-19-10-5-4-6-11-19/h4-17,24,31H,1-3H3,(H,30,33)/t24-/m1/s1. The minimum Gasteiger partial charge on any atom is -0.497 e. The van der Waals surface area contributed by atoms with Crippen molar-refractivity contribution in [3.8, 4) is 17.2 Å². The SMILES string of the molecule is COc1cccc(C2=C[C@H](c3cccc(OC)c3OC)n3ncc(C(=O)Nc4ccccc4)c3N2)c1. The van der Waals surface area contributed by atoms with Crippen molar-refractivity contribution in [1.29, 1.82) is 0 Å². The zero-order valence-electron chi connectivity index (χ0n) is 20.2. The summed E-state index contributed by atoms with van der Waals surface area (Å²) in [5.41, 5.74) is 3.68. The minimum atomic E-state index is -0.370. The Balaban J connectivity index is 1.63. The number of amides is 1. The summed E-state index contributed by atoms with van der Waals surface area (Å²) in [7, 11) is 4.84. The topological polar surface area (TPSA) is 86.6 Å². The van der Waals surface area contributed by atoms with Crippen LogP contribution < -0.4 is 24.8 Å². The highest BCUT2D eigenvalue weighted by atomic mass is 16.5. The van der Waals surface area contributed by atoms with E-state index in [0.29, 0.717) is 28.6 Å². The quantitative estimate of drug-likeness (QED) is 0.376. The number of carbonyl (C=O) groups excluding carboxylic acids is 1. The summed E-state index contributed by atoms with van der Waals surface area (Å²) in [6.07, 6.45) is 3.62. The van der Waals surface area contributed by atoms with Crippen molar-refractivity contribution in [2.24, 2.45) is 0 Å². The van der Waals surface area contributed by atoms with Crippen molar-refractivity contribution in [2.75, 3.05) is 32.0 Å². The lowest BCUT2D eigenvalue weighted by Gasteiger charge is -2.27. The summed E-state index contributed by atoms with van der Waals surface area (Å²) in [5.74, 6) is 2.24. The Morgan fingerprint density at radius 1 is 0.944 bits per heavy atom. The van der Waals surface area contributed by atoms with Gasteiger partial charge in [-0.1, -0.05) is 42.5 Å². The highest BCUT2D eigenvalue weighted by Crippen LogP contribution is 2.42. The molecule has 1 aromatic heterocycles. The summed E-state index contributed by atoms with van der Waals surface area (Å²) in [6.45, 7) is 0. The van der Waals surface area contributed by atoms with Crippen LogP contribution in [0.25, 0.3) is 5.70 Å². The molecule has 0 bridgehead atoms. The number of hydrogen-bond donors (Lipinski definition) is 2. The maximum atomic E-state index is 13.3. The minimum absolute atomic E-state index is 0.266. The number of nitrogens with zero attached hydrogens (tertiary/aromatic N) is 2. The predicted molar refractivity (Wildman–Crippen MR) is 139 cm³/mol. The van der Waals surface area contributed by atoms with E-state index in [-0.39, 0.29) is 11.9 Å². The van der Waals surface area contributed by atoms with E-state index in [1.54, 1.807) is 32.2 Å². The Morgan fingerprint density at radius 3 is 2.50 bits per heavy atom. The lowest BCUT2D eigenvalue weighted by molar-refractivity contribution is 0.102. The second-order valence-electron chi connectivity index (χ2n) is 8.14. The number of para-hydroxylation sites is 2. The number of ether oxygens (including phenoxy) is 3. The van der Waals surface area contributed by atoms with Gasteiger partial charge in [-0.2, -0.15) is 5.10 Å². The smallest absolute Gasteiger partial charge is 0.261 e. The first kappa shape index (κ1) is 23.0. The number of methoxy groups -OCH3 is 3. The fourth-order valence-corrected chi connectivity index (χ4v) is 4.31. The number of fused-ring (bicyclic) bond motifs is 1. The highest BCUT2D eigenvalue weighted by molar-refractivity contribution is 6.08. The predicted octanol–water partition coefficient (Wildman–Crippen LogP) is 5.22. The van der Waals surface area contributed by atoms with Crippen LogP contribution in [0, 0.1) is 0 Å². The van der Waals surface area contributed by atoms with Gasteiger partial charge in [-0.15, -0.1) is 0 Å². The Morgan fingerprint density at radius 2 is 1.75 bits per heavy atom. The molecule has 0 unspecified atom stereocenters. The zero-order valence-corrected chi connectivity index (χ0v) is 20.2. The van der Waals surface area contributed by atoms with Gasteiger partial charge in [-0.3, -0.25) is 4.79 Å². The molecule has 3 aromatic carbocycles. The molecule has 0 spiro atoms. The third-order valence-corrected chi connectivity index (χ3v) is 6.05. The number of rotatable bonds is 7.